The predicted molar refractivity (Wildman–Crippen MR) is 132 cm³/mol. The van der Waals surface area contributed by atoms with Crippen molar-refractivity contribution in [2.75, 3.05) is 10.2 Å². The minimum atomic E-state index is -1.27. The van der Waals surface area contributed by atoms with Gasteiger partial charge in [-0.2, -0.15) is 9.78 Å². The number of carbonyl (C=O) groups excluding carboxylic acids is 2. The van der Waals surface area contributed by atoms with Crippen molar-refractivity contribution >= 4 is 34.5 Å². The third-order valence-electron chi connectivity index (χ3n) is 7.09. The molecule has 0 saturated heterocycles. The molecule has 0 saturated carbocycles. The third kappa shape index (κ3) is 2.90. The number of hydrogen-bond acceptors (Lipinski definition) is 6. The molecule has 0 fully saturated rings. The summed E-state index contributed by atoms with van der Waals surface area (Å²) < 4.78 is 15.1. The number of hydrogen-bond donors (Lipinski definition) is 2. The number of H-pyrrole nitrogens is 1. The number of aryl methyl sites for hydroxylation is 1. The van der Waals surface area contributed by atoms with Gasteiger partial charge in [0.1, 0.15) is 28.9 Å². The number of para-hydroxylation sites is 1. The summed E-state index contributed by atoms with van der Waals surface area (Å²) in [7, 11) is 0. The van der Waals surface area contributed by atoms with Gasteiger partial charge in [-0.15, -0.1) is 0 Å². The Morgan fingerprint density at radius 3 is 2.70 bits per heavy atom. The Balaban J connectivity index is 1.44. The molecular weight excluding hydrogens is 475 g/mol. The van der Waals surface area contributed by atoms with Crippen molar-refractivity contribution in [3.63, 3.8) is 0 Å². The molecule has 2 N–H and O–H groups in total. The maximum Gasteiger partial charge on any atom is 0.243 e. The second-order valence-corrected chi connectivity index (χ2v) is 9.18. The number of benzene rings is 2. The van der Waals surface area contributed by atoms with Gasteiger partial charge in [0.25, 0.3) is 0 Å². The lowest BCUT2D eigenvalue weighted by atomic mass is 9.70. The molecular formula is C26H19FN8O2. The quantitative estimate of drug-likeness (QED) is 0.397. The fraction of sp³-hybridized carbons (Fsp3) is 0.154. The molecule has 7 rings (SSSR count). The van der Waals surface area contributed by atoms with Gasteiger partial charge in [0.2, 0.25) is 11.8 Å². The van der Waals surface area contributed by atoms with Crippen LogP contribution in [0.15, 0.2) is 61.2 Å². The SMILES string of the molecule is Cc1nn(-c2ncnc3nc[nH]c23)c2c1[C@]1(CC(=O)N2)C(=O)N(Cc2ccc(F)cc2)c2ccccc21. The molecule has 5 heterocycles. The highest BCUT2D eigenvalue weighted by Crippen LogP contribution is 2.53. The van der Waals surface area contributed by atoms with E-state index in [1.54, 1.807) is 17.0 Å². The van der Waals surface area contributed by atoms with Crippen molar-refractivity contribution in [2.45, 2.75) is 25.3 Å². The van der Waals surface area contributed by atoms with Crippen LogP contribution >= 0.6 is 0 Å². The fourth-order valence-corrected chi connectivity index (χ4v) is 5.59. The average molecular weight is 494 g/mol. The lowest BCUT2D eigenvalue weighted by molar-refractivity contribution is -0.126. The molecule has 0 bridgehead atoms. The zero-order valence-electron chi connectivity index (χ0n) is 19.6. The maximum absolute atomic E-state index is 14.4. The number of amides is 2. The molecule has 2 aliphatic rings. The molecule has 11 heteroatoms. The van der Waals surface area contributed by atoms with Gasteiger partial charge in [-0.3, -0.25) is 9.59 Å². The summed E-state index contributed by atoms with van der Waals surface area (Å²) in [6, 6.07) is 13.5. The lowest BCUT2D eigenvalue weighted by Gasteiger charge is -2.33. The van der Waals surface area contributed by atoms with E-state index in [2.05, 4.69) is 25.3 Å². The van der Waals surface area contributed by atoms with Crippen molar-refractivity contribution in [2.24, 2.45) is 0 Å². The van der Waals surface area contributed by atoms with E-state index in [0.717, 1.165) is 11.1 Å². The first kappa shape index (κ1) is 21.4. The van der Waals surface area contributed by atoms with Gasteiger partial charge in [-0.05, 0) is 36.2 Å². The van der Waals surface area contributed by atoms with E-state index in [1.807, 2.05) is 31.2 Å². The summed E-state index contributed by atoms with van der Waals surface area (Å²) in [5.41, 5.74) is 3.17. The van der Waals surface area contributed by atoms with Gasteiger partial charge in [0, 0.05) is 17.7 Å². The normalized spacial score (nSPS) is 18.4. The Morgan fingerprint density at radius 1 is 1.05 bits per heavy atom. The number of aromatic nitrogens is 6. The van der Waals surface area contributed by atoms with Crippen molar-refractivity contribution in [1.82, 2.24) is 29.7 Å². The Labute approximate surface area is 209 Å². The summed E-state index contributed by atoms with van der Waals surface area (Å²) in [6.45, 7) is 2.06. The van der Waals surface area contributed by atoms with E-state index in [4.69, 9.17) is 5.10 Å². The van der Waals surface area contributed by atoms with Gasteiger partial charge in [-0.25, -0.2) is 19.3 Å². The van der Waals surface area contributed by atoms with Crippen LogP contribution in [0.3, 0.4) is 0 Å². The average Bonchev–Trinajstić information content (AvgIpc) is 3.57. The minimum absolute atomic E-state index is 0.0639. The Morgan fingerprint density at radius 2 is 1.86 bits per heavy atom. The Bertz CT molecular complexity index is 1740. The number of halogens is 1. The van der Waals surface area contributed by atoms with Crippen LogP contribution in [0.4, 0.5) is 15.9 Å². The topological polar surface area (TPSA) is 122 Å². The molecule has 37 heavy (non-hydrogen) atoms. The molecule has 1 spiro atoms. The zero-order chi connectivity index (χ0) is 25.3. The largest absolute Gasteiger partial charge is 0.340 e. The van der Waals surface area contributed by atoms with E-state index in [9.17, 15) is 14.0 Å². The van der Waals surface area contributed by atoms with Crippen LogP contribution in [0.2, 0.25) is 0 Å². The van der Waals surface area contributed by atoms with Gasteiger partial charge in [-0.1, -0.05) is 30.3 Å². The van der Waals surface area contributed by atoms with Gasteiger partial charge in [0.15, 0.2) is 11.5 Å². The molecule has 5 aromatic rings. The number of rotatable bonds is 3. The summed E-state index contributed by atoms with van der Waals surface area (Å²) in [5, 5.41) is 7.66. The number of imidazole rings is 1. The van der Waals surface area contributed by atoms with Gasteiger partial charge >= 0.3 is 0 Å². The van der Waals surface area contributed by atoms with Crippen LogP contribution in [-0.4, -0.2) is 41.5 Å². The molecule has 2 aromatic carbocycles. The van der Waals surface area contributed by atoms with Crippen LogP contribution in [-0.2, 0) is 21.5 Å². The summed E-state index contributed by atoms with van der Waals surface area (Å²) in [6.07, 6.45) is 2.82. The number of nitrogens with one attached hydrogen (secondary N) is 2. The Kier molecular flexibility index (Phi) is 4.35. The molecule has 0 unspecified atom stereocenters. The van der Waals surface area contributed by atoms with Gasteiger partial charge < -0.3 is 15.2 Å². The number of carbonyl (C=O) groups is 2. The fourth-order valence-electron chi connectivity index (χ4n) is 5.59. The number of fused-ring (bicyclic) bond motifs is 5. The van der Waals surface area contributed by atoms with Crippen LogP contribution in [0.5, 0.6) is 0 Å². The number of nitrogens with zero attached hydrogens (tertiary/aromatic N) is 6. The molecule has 2 aliphatic heterocycles. The highest BCUT2D eigenvalue weighted by atomic mass is 19.1. The smallest absolute Gasteiger partial charge is 0.243 e. The highest BCUT2D eigenvalue weighted by Gasteiger charge is 2.58. The second kappa shape index (κ2) is 7.53. The summed E-state index contributed by atoms with van der Waals surface area (Å²) >= 11 is 0. The van der Waals surface area contributed by atoms with E-state index in [0.29, 0.717) is 39.7 Å². The molecule has 3 aromatic heterocycles. The lowest BCUT2D eigenvalue weighted by Crippen LogP contribution is -2.46. The molecule has 182 valence electrons. The Hall–Kier alpha value is -4.93. The minimum Gasteiger partial charge on any atom is -0.340 e. The molecule has 0 radical (unpaired) electrons. The number of aromatic amines is 1. The first-order valence-electron chi connectivity index (χ1n) is 11.7. The first-order valence-corrected chi connectivity index (χ1v) is 11.7. The predicted octanol–water partition coefficient (Wildman–Crippen LogP) is 3.16. The van der Waals surface area contributed by atoms with E-state index in [1.165, 1.54) is 29.5 Å². The summed E-state index contributed by atoms with van der Waals surface area (Å²) in [4.78, 5) is 45.1. The zero-order valence-corrected chi connectivity index (χ0v) is 19.6. The highest BCUT2D eigenvalue weighted by molar-refractivity contribution is 6.16. The third-order valence-corrected chi connectivity index (χ3v) is 7.09. The maximum atomic E-state index is 14.4. The van der Waals surface area contributed by atoms with Crippen LogP contribution in [0.25, 0.3) is 17.0 Å². The first-order chi connectivity index (χ1) is 18.0. The van der Waals surface area contributed by atoms with Crippen molar-refractivity contribution in [3.05, 3.63) is 89.4 Å². The van der Waals surface area contributed by atoms with Gasteiger partial charge in [0.05, 0.1) is 18.6 Å². The van der Waals surface area contributed by atoms with E-state index < -0.39 is 5.41 Å². The monoisotopic (exact) mass is 494 g/mol. The van der Waals surface area contributed by atoms with E-state index in [-0.39, 0.29) is 30.6 Å². The molecule has 10 nitrogen and oxygen atoms in total. The standard InChI is InChI=1S/C26H19FN8O2/c1-14-20-23(35(33-14)24-21-22(29-12-28-21)30-13-31-24)32-19(36)10-26(20)17-4-2-3-5-18(17)34(25(26)37)11-15-6-8-16(27)9-7-15/h2-9,12-13H,10-11H2,1H3,(H,32,36)(H,28,29,30,31)/t26-/m1/s1. The van der Waals surface area contributed by atoms with Crippen LogP contribution in [0, 0.1) is 12.7 Å². The second-order valence-electron chi connectivity index (χ2n) is 9.18. The van der Waals surface area contributed by atoms with Crippen LogP contribution in [0.1, 0.15) is 28.8 Å². The summed E-state index contributed by atoms with van der Waals surface area (Å²) in [5.74, 6) is -0.0937. The van der Waals surface area contributed by atoms with Crippen molar-refractivity contribution < 1.29 is 14.0 Å². The van der Waals surface area contributed by atoms with Crippen LogP contribution < -0.4 is 10.2 Å². The number of anilines is 2. The van der Waals surface area contributed by atoms with E-state index >= 15 is 0 Å². The molecule has 2 amide bonds. The molecule has 1 atom stereocenters. The molecule has 0 aliphatic carbocycles. The van der Waals surface area contributed by atoms with Crippen molar-refractivity contribution in [1.29, 1.82) is 0 Å². The van der Waals surface area contributed by atoms with Crippen molar-refractivity contribution in [3.8, 4) is 5.82 Å².